The maximum atomic E-state index is 14.0. The highest BCUT2D eigenvalue weighted by atomic mass is 19.1. The van der Waals surface area contributed by atoms with Gasteiger partial charge >= 0.3 is 0 Å². The van der Waals surface area contributed by atoms with Crippen LogP contribution in [0.2, 0.25) is 0 Å². The highest BCUT2D eigenvalue weighted by Gasteiger charge is 2.44. The van der Waals surface area contributed by atoms with Gasteiger partial charge in [0.1, 0.15) is 0 Å². The van der Waals surface area contributed by atoms with Crippen LogP contribution in [-0.4, -0.2) is 42.0 Å². The van der Waals surface area contributed by atoms with Crippen molar-refractivity contribution < 1.29 is 9.18 Å². The number of rotatable bonds is 4. The molecule has 0 N–H and O–H groups in total. The molecular formula is C22H24FN3O. The molecule has 0 saturated carbocycles. The average Bonchev–Trinajstić information content (AvgIpc) is 2.99. The lowest BCUT2D eigenvalue weighted by Gasteiger charge is -2.39. The standard InChI is InChI=1S/C22H24FN3O/c23-19-16-24-11-8-20(19)25-13-9-22(10-14-25)15-21(27)26(17-22)12-4-7-18-5-2-1-3-6-18/h1-8,11,16H,9-10,12-15,17H2. The van der Waals surface area contributed by atoms with Crippen LogP contribution < -0.4 is 4.90 Å². The Balaban J connectivity index is 1.35. The van der Waals surface area contributed by atoms with E-state index in [1.165, 1.54) is 6.20 Å². The lowest BCUT2D eigenvalue weighted by Crippen LogP contribution is -2.42. The molecule has 3 heterocycles. The van der Waals surface area contributed by atoms with Gasteiger partial charge in [-0.1, -0.05) is 42.5 Å². The van der Waals surface area contributed by atoms with Gasteiger partial charge in [-0.25, -0.2) is 4.39 Å². The second kappa shape index (κ2) is 7.51. The molecule has 0 unspecified atom stereocenters. The predicted octanol–water partition coefficient (Wildman–Crippen LogP) is 3.75. The summed E-state index contributed by atoms with van der Waals surface area (Å²) in [5.41, 5.74) is 1.80. The predicted molar refractivity (Wildman–Crippen MR) is 105 cm³/mol. The van der Waals surface area contributed by atoms with Gasteiger partial charge in [-0.3, -0.25) is 9.78 Å². The normalized spacial score (nSPS) is 19.4. The summed E-state index contributed by atoms with van der Waals surface area (Å²) in [5.74, 6) is -0.0418. The third-order valence-electron chi connectivity index (χ3n) is 5.76. The van der Waals surface area contributed by atoms with Gasteiger partial charge in [-0.05, 0) is 24.5 Å². The lowest BCUT2D eigenvalue weighted by molar-refractivity contribution is -0.127. The molecule has 2 aliphatic heterocycles. The molecular weight excluding hydrogens is 341 g/mol. The van der Waals surface area contributed by atoms with E-state index in [-0.39, 0.29) is 17.1 Å². The summed E-state index contributed by atoms with van der Waals surface area (Å²) in [6, 6.07) is 11.8. The number of aromatic nitrogens is 1. The number of carbonyl (C=O) groups excluding carboxylic acids is 1. The molecule has 1 spiro atoms. The van der Waals surface area contributed by atoms with Crippen molar-refractivity contribution in [3.8, 4) is 0 Å². The van der Waals surface area contributed by atoms with Crippen molar-refractivity contribution in [3.63, 3.8) is 0 Å². The van der Waals surface area contributed by atoms with Gasteiger partial charge in [0.25, 0.3) is 0 Å². The van der Waals surface area contributed by atoms with Crippen molar-refractivity contribution >= 4 is 17.7 Å². The maximum absolute atomic E-state index is 14.0. The van der Waals surface area contributed by atoms with Crippen LogP contribution in [0, 0.1) is 11.2 Å². The van der Waals surface area contributed by atoms with Gasteiger partial charge in [-0.2, -0.15) is 0 Å². The number of hydrogen-bond donors (Lipinski definition) is 0. The highest BCUT2D eigenvalue weighted by Crippen LogP contribution is 2.42. The van der Waals surface area contributed by atoms with Crippen LogP contribution >= 0.6 is 0 Å². The highest BCUT2D eigenvalue weighted by molar-refractivity contribution is 5.80. The number of carbonyl (C=O) groups is 1. The molecule has 0 bridgehead atoms. The minimum atomic E-state index is -0.274. The molecule has 1 aromatic carbocycles. The first kappa shape index (κ1) is 17.7. The molecule has 27 heavy (non-hydrogen) atoms. The van der Waals surface area contributed by atoms with Gasteiger partial charge in [0.05, 0.1) is 11.9 Å². The number of likely N-dealkylation sites (tertiary alicyclic amines) is 1. The number of nitrogens with zero attached hydrogens (tertiary/aromatic N) is 3. The minimum absolute atomic E-state index is 0.0394. The SMILES string of the molecule is O=C1CC2(CCN(c3ccncc3F)CC2)CN1CC=Cc1ccccc1. The molecule has 4 rings (SSSR count). The second-order valence-corrected chi connectivity index (χ2v) is 7.58. The third kappa shape index (κ3) is 3.87. The average molecular weight is 365 g/mol. The Bertz CT molecular complexity index is 828. The Morgan fingerprint density at radius 3 is 2.67 bits per heavy atom. The first-order valence-corrected chi connectivity index (χ1v) is 9.49. The van der Waals surface area contributed by atoms with Gasteiger partial charge in [0.15, 0.2) is 5.82 Å². The Morgan fingerprint density at radius 1 is 1.15 bits per heavy atom. The molecule has 0 aliphatic carbocycles. The Kier molecular flexibility index (Phi) is 4.92. The third-order valence-corrected chi connectivity index (χ3v) is 5.76. The Morgan fingerprint density at radius 2 is 1.93 bits per heavy atom. The molecule has 0 radical (unpaired) electrons. The second-order valence-electron chi connectivity index (χ2n) is 7.58. The van der Waals surface area contributed by atoms with E-state index in [2.05, 4.69) is 34.2 Å². The van der Waals surface area contributed by atoms with Crippen molar-refractivity contribution in [1.29, 1.82) is 0 Å². The number of pyridine rings is 1. The summed E-state index contributed by atoms with van der Waals surface area (Å²) >= 11 is 0. The molecule has 2 fully saturated rings. The van der Waals surface area contributed by atoms with E-state index in [4.69, 9.17) is 0 Å². The van der Waals surface area contributed by atoms with Gasteiger partial charge < -0.3 is 9.80 Å². The number of halogens is 1. The summed E-state index contributed by atoms with van der Waals surface area (Å²) in [6.45, 7) is 3.01. The molecule has 1 aromatic heterocycles. The fourth-order valence-electron chi connectivity index (χ4n) is 4.21. The van der Waals surface area contributed by atoms with Crippen LogP contribution in [0.1, 0.15) is 24.8 Å². The summed E-state index contributed by atoms with van der Waals surface area (Å²) in [4.78, 5) is 20.4. The monoisotopic (exact) mass is 365 g/mol. The van der Waals surface area contributed by atoms with Gasteiger partial charge in [0.2, 0.25) is 5.91 Å². The molecule has 2 saturated heterocycles. The molecule has 5 heteroatoms. The van der Waals surface area contributed by atoms with Crippen LogP contribution in [-0.2, 0) is 4.79 Å². The Labute approximate surface area is 159 Å². The zero-order valence-corrected chi connectivity index (χ0v) is 15.4. The summed E-state index contributed by atoms with van der Waals surface area (Å²) in [6.07, 6.45) is 9.46. The smallest absolute Gasteiger partial charge is 0.223 e. The lowest BCUT2D eigenvalue weighted by atomic mass is 9.77. The molecule has 1 amide bonds. The van der Waals surface area contributed by atoms with E-state index in [0.29, 0.717) is 18.7 Å². The van der Waals surface area contributed by atoms with Crippen LogP contribution in [0.15, 0.2) is 54.9 Å². The van der Waals surface area contributed by atoms with E-state index in [0.717, 1.165) is 38.0 Å². The number of amides is 1. The number of piperidine rings is 1. The first-order valence-electron chi connectivity index (χ1n) is 9.49. The van der Waals surface area contributed by atoms with Crippen molar-refractivity contribution in [1.82, 2.24) is 9.88 Å². The van der Waals surface area contributed by atoms with Crippen LogP contribution in [0.4, 0.5) is 10.1 Å². The van der Waals surface area contributed by atoms with E-state index >= 15 is 0 Å². The molecule has 4 nitrogen and oxygen atoms in total. The molecule has 2 aliphatic rings. The zero-order valence-electron chi connectivity index (χ0n) is 15.4. The van der Waals surface area contributed by atoms with Crippen LogP contribution in [0.5, 0.6) is 0 Å². The van der Waals surface area contributed by atoms with Gasteiger partial charge in [0, 0.05) is 44.2 Å². The van der Waals surface area contributed by atoms with Crippen molar-refractivity contribution in [2.24, 2.45) is 5.41 Å². The Hall–Kier alpha value is -2.69. The van der Waals surface area contributed by atoms with E-state index in [1.807, 2.05) is 23.1 Å². The maximum Gasteiger partial charge on any atom is 0.223 e. The fraction of sp³-hybridized carbons (Fsp3) is 0.364. The first-order chi connectivity index (χ1) is 13.2. The summed E-state index contributed by atoms with van der Waals surface area (Å²) in [7, 11) is 0. The summed E-state index contributed by atoms with van der Waals surface area (Å²) in [5, 5.41) is 0. The minimum Gasteiger partial charge on any atom is -0.369 e. The molecule has 140 valence electrons. The number of benzene rings is 1. The number of hydrogen-bond acceptors (Lipinski definition) is 3. The van der Waals surface area contributed by atoms with Crippen molar-refractivity contribution in [2.45, 2.75) is 19.3 Å². The topological polar surface area (TPSA) is 36.4 Å². The van der Waals surface area contributed by atoms with Crippen LogP contribution in [0.3, 0.4) is 0 Å². The van der Waals surface area contributed by atoms with E-state index < -0.39 is 0 Å². The quantitative estimate of drug-likeness (QED) is 0.828. The van der Waals surface area contributed by atoms with Crippen LogP contribution in [0.25, 0.3) is 6.08 Å². The fourth-order valence-corrected chi connectivity index (χ4v) is 4.21. The van der Waals surface area contributed by atoms with Crippen molar-refractivity contribution in [3.05, 3.63) is 66.2 Å². The largest absolute Gasteiger partial charge is 0.369 e. The van der Waals surface area contributed by atoms with Crippen molar-refractivity contribution in [2.75, 3.05) is 31.1 Å². The van der Waals surface area contributed by atoms with E-state index in [1.54, 1.807) is 12.3 Å². The molecule has 2 aromatic rings. The molecule has 0 atom stereocenters. The van der Waals surface area contributed by atoms with E-state index in [9.17, 15) is 9.18 Å². The zero-order chi connectivity index (χ0) is 18.7. The summed E-state index contributed by atoms with van der Waals surface area (Å²) < 4.78 is 14.0. The number of anilines is 1. The van der Waals surface area contributed by atoms with Gasteiger partial charge in [-0.15, -0.1) is 0 Å².